The topological polar surface area (TPSA) is 46.3 Å². The van der Waals surface area contributed by atoms with Crippen molar-refractivity contribution in [2.24, 2.45) is 5.92 Å². The highest BCUT2D eigenvalue weighted by Crippen LogP contribution is 2.33. The van der Waals surface area contributed by atoms with Crippen molar-refractivity contribution in [3.05, 3.63) is 29.3 Å². The minimum Gasteiger partial charge on any atom is -0.398 e. The maximum atomic E-state index is 12.0. The number of hydrogen-bond acceptors (Lipinski definition) is 2. The largest absolute Gasteiger partial charge is 0.398 e. The first-order valence-electron chi connectivity index (χ1n) is 5.91. The number of benzene rings is 1. The fraction of sp³-hybridized carbons (Fsp3) is 0.462. The molecule has 1 aliphatic carbocycles. The molecule has 0 radical (unpaired) electrons. The van der Waals surface area contributed by atoms with Crippen molar-refractivity contribution in [2.75, 3.05) is 12.3 Å². The van der Waals surface area contributed by atoms with E-state index in [9.17, 15) is 4.79 Å². The van der Waals surface area contributed by atoms with Crippen molar-refractivity contribution < 1.29 is 4.79 Å². The molecule has 0 saturated heterocycles. The van der Waals surface area contributed by atoms with Gasteiger partial charge in [-0.25, -0.2) is 0 Å². The van der Waals surface area contributed by atoms with Crippen LogP contribution in [-0.4, -0.2) is 17.4 Å². The van der Waals surface area contributed by atoms with E-state index in [0.29, 0.717) is 18.4 Å². The second-order valence-corrected chi connectivity index (χ2v) is 4.77. The SMILES string of the molecule is Nc1cccc2c1CN(C(=O)C1CC1)CC2. The van der Waals surface area contributed by atoms with Gasteiger partial charge in [0.15, 0.2) is 0 Å². The average molecular weight is 216 g/mol. The van der Waals surface area contributed by atoms with Gasteiger partial charge < -0.3 is 10.6 Å². The summed E-state index contributed by atoms with van der Waals surface area (Å²) >= 11 is 0. The Bertz CT molecular complexity index is 438. The minimum absolute atomic E-state index is 0.312. The van der Waals surface area contributed by atoms with E-state index in [4.69, 9.17) is 5.73 Å². The van der Waals surface area contributed by atoms with Crippen molar-refractivity contribution in [3.8, 4) is 0 Å². The lowest BCUT2D eigenvalue weighted by molar-refractivity contribution is -0.133. The third-order valence-corrected chi connectivity index (χ3v) is 3.55. The molecule has 1 aliphatic heterocycles. The van der Waals surface area contributed by atoms with Crippen LogP contribution in [0.25, 0.3) is 0 Å². The number of carbonyl (C=O) groups is 1. The molecule has 0 atom stereocenters. The number of nitrogens with zero attached hydrogens (tertiary/aromatic N) is 1. The fourth-order valence-corrected chi connectivity index (χ4v) is 2.38. The minimum atomic E-state index is 0.312. The molecule has 16 heavy (non-hydrogen) atoms. The molecule has 84 valence electrons. The van der Waals surface area contributed by atoms with Crippen molar-refractivity contribution in [3.63, 3.8) is 0 Å². The summed E-state index contributed by atoms with van der Waals surface area (Å²) < 4.78 is 0. The van der Waals surface area contributed by atoms with Crippen LogP contribution in [-0.2, 0) is 17.8 Å². The summed E-state index contributed by atoms with van der Waals surface area (Å²) in [4.78, 5) is 13.9. The highest BCUT2D eigenvalue weighted by Gasteiger charge is 2.34. The fourth-order valence-electron chi connectivity index (χ4n) is 2.38. The number of anilines is 1. The van der Waals surface area contributed by atoms with Crippen molar-refractivity contribution in [1.82, 2.24) is 4.90 Å². The summed E-state index contributed by atoms with van der Waals surface area (Å²) in [6, 6.07) is 6.03. The van der Waals surface area contributed by atoms with E-state index in [1.54, 1.807) is 0 Å². The van der Waals surface area contributed by atoms with Crippen molar-refractivity contribution >= 4 is 11.6 Å². The smallest absolute Gasteiger partial charge is 0.225 e. The van der Waals surface area contributed by atoms with Crippen LogP contribution < -0.4 is 5.73 Å². The normalized spacial score (nSPS) is 19.4. The molecule has 1 heterocycles. The van der Waals surface area contributed by atoms with Crippen LogP contribution in [0.4, 0.5) is 5.69 Å². The molecule has 0 bridgehead atoms. The van der Waals surface area contributed by atoms with Crippen molar-refractivity contribution in [1.29, 1.82) is 0 Å². The van der Waals surface area contributed by atoms with Gasteiger partial charge in [0.05, 0.1) is 0 Å². The zero-order valence-electron chi connectivity index (χ0n) is 9.28. The first-order valence-corrected chi connectivity index (χ1v) is 5.91. The monoisotopic (exact) mass is 216 g/mol. The van der Waals surface area contributed by atoms with Crippen LogP contribution in [0.1, 0.15) is 24.0 Å². The van der Waals surface area contributed by atoms with E-state index in [2.05, 4.69) is 6.07 Å². The number of carbonyl (C=O) groups excluding carboxylic acids is 1. The molecule has 2 N–H and O–H groups in total. The molecule has 1 aromatic carbocycles. The Morgan fingerprint density at radius 1 is 1.38 bits per heavy atom. The van der Waals surface area contributed by atoms with Gasteiger partial charge in [0.1, 0.15) is 0 Å². The van der Waals surface area contributed by atoms with E-state index in [1.807, 2.05) is 17.0 Å². The predicted molar refractivity (Wildman–Crippen MR) is 62.7 cm³/mol. The number of rotatable bonds is 1. The van der Waals surface area contributed by atoms with Crippen LogP contribution in [0, 0.1) is 5.92 Å². The van der Waals surface area contributed by atoms with Gasteiger partial charge in [0, 0.05) is 24.7 Å². The van der Waals surface area contributed by atoms with E-state index in [-0.39, 0.29) is 0 Å². The second-order valence-electron chi connectivity index (χ2n) is 4.77. The molecule has 3 nitrogen and oxygen atoms in total. The van der Waals surface area contributed by atoms with Crippen molar-refractivity contribution in [2.45, 2.75) is 25.8 Å². The first kappa shape index (κ1) is 9.70. The Kier molecular flexibility index (Phi) is 2.13. The highest BCUT2D eigenvalue weighted by molar-refractivity contribution is 5.81. The van der Waals surface area contributed by atoms with Gasteiger partial charge >= 0.3 is 0 Å². The maximum Gasteiger partial charge on any atom is 0.225 e. The van der Waals surface area contributed by atoms with Gasteiger partial charge in [0.2, 0.25) is 5.91 Å². The lowest BCUT2D eigenvalue weighted by atomic mass is 9.98. The number of nitrogens with two attached hydrogens (primary N) is 1. The third kappa shape index (κ3) is 1.56. The summed E-state index contributed by atoms with van der Waals surface area (Å²) in [5.41, 5.74) is 9.24. The maximum absolute atomic E-state index is 12.0. The number of nitrogen functional groups attached to an aromatic ring is 1. The second kappa shape index (κ2) is 3.51. The molecule has 0 spiro atoms. The quantitative estimate of drug-likeness (QED) is 0.724. The number of hydrogen-bond donors (Lipinski definition) is 1. The molecule has 1 saturated carbocycles. The molecule has 1 fully saturated rings. The van der Waals surface area contributed by atoms with Crippen LogP contribution in [0.5, 0.6) is 0 Å². The molecule has 1 amide bonds. The molecule has 0 unspecified atom stereocenters. The van der Waals surface area contributed by atoms with Gasteiger partial charge in [0.25, 0.3) is 0 Å². The first-order chi connectivity index (χ1) is 7.75. The number of fused-ring (bicyclic) bond motifs is 1. The third-order valence-electron chi connectivity index (χ3n) is 3.55. The Hall–Kier alpha value is -1.51. The average Bonchev–Trinajstić information content (AvgIpc) is 3.12. The van der Waals surface area contributed by atoms with Gasteiger partial charge in [-0.15, -0.1) is 0 Å². The molecule has 1 aromatic rings. The molecule has 2 aliphatic rings. The molecule has 3 rings (SSSR count). The summed E-state index contributed by atoms with van der Waals surface area (Å²) in [7, 11) is 0. The summed E-state index contributed by atoms with van der Waals surface area (Å²) in [6.07, 6.45) is 3.09. The van der Waals surface area contributed by atoms with Gasteiger partial charge in [-0.1, -0.05) is 12.1 Å². The highest BCUT2D eigenvalue weighted by atomic mass is 16.2. The molecular formula is C13H16N2O. The van der Waals surface area contributed by atoms with Crippen LogP contribution in [0.15, 0.2) is 18.2 Å². The predicted octanol–water partition coefficient (Wildman–Crippen LogP) is 1.56. The Balaban J connectivity index is 1.84. The van der Waals surface area contributed by atoms with E-state index in [0.717, 1.165) is 37.1 Å². The van der Waals surface area contributed by atoms with Gasteiger partial charge in [-0.2, -0.15) is 0 Å². The van der Waals surface area contributed by atoms with Crippen LogP contribution in [0.3, 0.4) is 0 Å². The van der Waals surface area contributed by atoms with Gasteiger partial charge in [-0.3, -0.25) is 4.79 Å². The van der Waals surface area contributed by atoms with E-state index >= 15 is 0 Å². The molecular weight excluding hydrogens is 200 g/mol. The zero-order valence-corrected chi connectivity index (χ0v) is 9.28. The molecule has 3 heteroatoms. The standard InChI is InChI=1S/C13H16N2O/c14-12-3-1-2-9-6-7-15(8-11(9)12)13(16)10-4-5-10/h1-3,10H,4-8,14H2. The summed E-state index contributed by atoms with van der Waals surface area (Å²) in [5.74, 6) is 0.639. The van der Waals surface area contributed by atoms with Gasteiger partial charge in [-0.05, 0) is 36.5 Å². The molecule has 0 aromatic heterocycles. The van der Waals surface area contributed by atoms with E-state index in [1.165, 1.54) is 5.56 Å². The van der Waals surface area contributed by atoms with E-state index < -0.39 is 0 Å². The van der Waals surface area contributed by atoms with Crippen LogP contribution >= 0.6 is 0 Å². The zero-order chi connectivity index (χ0) is 11.1. The summed E-state index contributed by atoms with van der Waals surface area (Å²) in [5, 5.41) is 0. The lowest BCUT2D eigenvalue weighted by Crippen LogP contribution is -2.37. The number of amides is 1. The Morgan fingerprint density at radius 3 is 2.94 bits per heavy atom. The van der Waals surface area contributed by atoms with Crippen LogP contribution in [0.2, 0.25) is 0 Å². The lowest BCUT2D eigenvalue weighted by Gasteiger charge is -2.29. The Morgan fingerprint density at radius 2 is 2.19 bits per heavy atom. The Labute approximate surface area is 95.2 Å². The summed E-state index contributed by atoms with van der Waals surface area (Å²) in [6.45, 7) is 1.56.